The fourth-order valence-electron chi connectivity index (χ4n) is 3.26. The van der Waals surface area contributed by atoms with Crippen LogP contribution in [0.1, 0.15) is 35.0 Å². The third kappa shape index (κ3) is 3.47. The van der Waals surface area contributed by atoms with E-state index in [0.29, 0.717) is 24.4 Å². The molecule has 2 heterocycles. The number of benzene rings is 1. The van der Waals surface area contributed by atoms with Crippen molar-refractivity contribution in [1.82, 2.24) is 15.4 Å². The highest BCUT2D eigenvalue weighted by Crippen LogP contribution is 2.29. The van der Waals surface area contributed by atoms with Crippen LogP contribution in [0.25, 0.3) is 0 Å². The molecule has 3 rings (SSSR count). The number of carbonyl (C=O) groups is 1. The van der Waals surface area contributed by atoms with Crippen molar-refractivity contribution in [3.8, 4) is 0 Å². The van der Waals surface area contributed by atoms with Crippen molar-refractivity contribution in [1.29, 1.82) is 0 Å². The van der Waals surface area contributed by atoms with Crippen LogP contribution in [-0.4, -0.2) is 35.6 Å². The lowest BCUT2D eigenvalue weighted by molar-refractivity contribution is -0.134. The van der Waals surface area contributed by atoms with Crippen LogP contribution < -0.4 is 5.32 Å². The Kier molecular flexibility index (Phi) is 5.21. The summed E-state index contributed by atoms with van der Waals surface area (Å²) in [6.07, 6.45) is 1.10. The second-order valence-corrected chi connectivity index (χ2v) is 6.54. The summed E-state index contributed by atoms with van der Waals surface area (Å²) in [4.78, 5) is 14.8. The molecule has 1 unspecified atom stereocenters. The molecule has 0 bridgehead atoms. The second kappa shape index (κ2) is 7.36. The average molecular weight is 348 g/mol. The number of rotatable bonds is 4. The van der Waals surface area contributed by atoms with Crippen LogP contribution >= 0.6 is 11.6 Å². The van der Waals surface area contributed by atoms with E-state index in [1.165, 1.54) is 0 Å². The van der Waals surface area contributed by atoms with E-state index in [0.717, 1.165) is 35.7 Å². The van der Waals surface area contributed by atoms with Gasteiger partial charge in [-0.2, -0.15) is 0 Å². The van der Waals surface area contributed by atoms with Gasteiger partial charge in [0.2, 0.25) is 5.91 Å². The topological polar surface area (TPSA) is 58.4 Å². The molecule has 0 spiro atoms. The van der Waals surface area contributed by atoms with Crippen LogP contribution in [0.2, 0.25) is 5.02 Å². The van der Waals surface area contributed by atoms with Gasteiger partial charge >= 0.3 is 0 Å². The van der Waals surface area contributed by atoms with Crippen molar-refractivity contribution >= 4 is 17.5 Å². The maximum Gasteiger partial charge on any atom is 0.223 e. The van der Waals surface area contributed by atoms with Gasteiger partial charge in [0.1, 0.15) is 5.76 Å². The largest absolute Gasteiger partial charge is 0.361 e. The van der Waals surface area contributed by atoms with Crippen molar-refractivity contribution < 1.29 is 9.32 Å². The summed E-state index contributed by atoms with van der Waals surface area (Å²) < 4.78 is 5.18. The first-order valence-corrected chi connectivity index (χ1v) is 8.62. The number of aromatic nitrogens is 1. The number of amides is 1. The Hall–Kier alpha value is -1.85. The zero-order valence-electron chi connectivity index (χ0n) is 14.0. The van der Waals surface area contributed by atoms with E-state index in [1.54, 1.807) is 0 Å². The van der Waals surface area contributed by atoms with Crippen LogP contribution in [0.4, 0.5) is 0 Å². The number of hydrogen-bond donors (Lipinski definition) is 1. The van der Waals surface area contributed by atoms with Crippen molar-refractivity contribution in [3.05, 3.63) is 51.9 Å². The molecule has 1 aromatic heterocycles. The summed E-state index contributed by atoms with van der Waals surface area (Å²) in [7, 11) is 0. The van der Waals surface area contributed by atoms with Gasteiger partial charge in [-0.1, -0.05) is 35.0 Å². The highest BCUT2D eigenvalue weighted by molar-refractivity contribution is 6.31. The molecule has 1 aliphatic heterocycles. The van der Waals surface area contributed by atoms with Crippen LogP contribution in [0, 0.1) is 13.8 Å². The number of nitrogens with zero attached hydrogens (tertiary/aromatic N) is 2. The average Bonchev–Trinajstić information content (AvgIpc) is 2.91. The first kappa shape index (κ1) is 17.0. The molecule has 1 amide bonds. The fraction of sp³-hybridized carbons (Fsp3) is 0.444. The molecule has 24 heavy (non-hydrogen) atoms. The number of hydrogen-bond acceptors (Lipinski definition) is 4. The summed E-state index contributed by atoms with van der Waals surface area (Å²) >= 11 is 6.34. The lowest BCUT2D eigenvalue weighted by atomic mass is 10.0. The van der Waals surface area contributed by atoms with E-state index < -0.39 is 0 Å². The first-order valence-electron chi connectivity index (χ1n) is 8.24. The van der Waals surface area contributed by atoms with Gasteiger partial charge in [0.25, 0.3) is 0 Å². The summed E-state index contributed by atoms with van der Waals surface area (Å²) in [6.45, 7) is 6.01. The Bertz CT molecular complexity index is 709. The molecule has 5 nitrogen and oxygen atoms in total. The Morgan fingerprint density at radius 1 is 1.42 bits per heavy atom. The number of halogens is 1. The smallest absolute Gasteiger partial charge is 0.223 e. The van der Waals surface area contributed by atoms with Crippen molar-refractivity contribution in [2.24, 2.45) is 0 Å². The van der Waals surface area contributed by atoms with Gasteiger partial charge in [-0.25, -0.2) is 0 Å². The zero-order valence-corrected chi connectivity index (χ0v) is 14.8. The number of aryl methyl sites for hydroxylation is 2. The van der Waals surface area contributed by atoms with Gasteiger partial charge in [0, 0.05) is 36.6 Å². The SMILES string of the molecule is Cc1noc(C)c1CCC(=O)N1CCNCC1c1ccccc1Cl. The zero-order chi connectivity index (χ0) is 17.1. The van der Waals surface area contributed by atoms with Crippen molar-refractivity contribution in [2.45, 2.75) is 32.7 Å². The molecule has 1 atom stereocenters. The highest BCUT2D eigenvalue weighted by Gasteiger charge is 2.29. The maximum atomic E-state index is 12.8. The van der Waals surface area contributed by atoms with Crippen LogP contribution in [0.3, 0.4) is 0 Å². The molecule has 1 N–H and O–H groups in total. The minimum absolute atomic E-state index is 0.0235. The molecule has 1 saturated heterocycles. The van der Waals surface area contributed by atoms with Crippen LogP contribution in [0.5, 0.6) is 0 Å². The van der Waals surface area contributed by atoms with Gasteiger partial charge in [-0.3, -0.25) is 4.79 Å². The van der Waals surface area contributed by atoms with Gasteiger partial charge in [-0.15, -0.1) is 0 Å². The lowest BCUT2D eigenvalue weighted by Crippen LogP contribution is -2.48. The number of piperazine rings is 1. The summed E-state index contributed by atoms with van der Waals surface area (Å²) in [5.74, 6) is 0.935. The third-order valence-corrected chi connectivity index (χ3v) is 4.94. The Labute approximate surface area is 147 Å². The van der Waals surface area contributed by atoms with E-state index >= 15 is 0 Å². The van der Waals surface area contributed by atoms with Crippen molar-refractivity contribution in [2.75, 3.05) is 19.6 Å². The summed E-state index contributed by atoms with van der Waals surface area (Å²) in [6, 6.07) is 7.71. The summed E-state index contributed by atoms with van der Waals surface area (Å²) in [5.41, 5.74) is 2.90. The van der Waals surface area contributed by atoms with E-state index in [9.17, 15) is 4.79 Å². The molecule has 0 saturated carbocycles. The molecule has 2 aromatic rings. The molecular formula is C18H22ClN3O2. The minimum Gasteiger partial charge on any atom is -0.361 e. The van der Waals surface area contributed by atoms with E-state index in [2.05, 4.69) is 10.5 Å². The first-order chi connectivity index (χ1) is 11.6. The van der Waals surface area contributed by atoms with Gasteiger partial charge in [0.05, 0.1) is 11.7 Å². The molecule has 0 radical (unpaired) electrons. The standard InChI is InChI=1S/C18H22ClN3O2/c1-12-14(13(2)24-21-12)7-8-18(23)22-10-9-20-11-17(22)15-5-3-4-6-16(15)19/h3-6,17,20H,7-11H2,1-2H3. The van der Waals surface area contributed by atoms with Crippen LogP contribution in [-0.2, 0) is 11.2 Å². The summed E-state index contributed by atoms with van der Waals surface area (Å²) in [5, 5.41) is 8.01. The minimum atomic E-state index is -0.0235. The van der Waals surface area contributed by atoms with Gasteiger partial charge in [-0.05, 0) is 31.9 Å². The predicted octanol–water partition coefficient (Wildman–Crippen LogP) is 3.05. The second-order valence-electron chi connectivity index (χ2n) is 6.13. The predicted molar refractivity (Wildman–Crippen MR) is 93.1 cm³/mol. The fourth-order valence-corrected chi connectivity index (χ4v) is 3.52. The molecule has 1 aliphatic rings. The Morgan fingerprint density at radius 3 is 2.92 bits per heavy atom. The van der Waals surface area contributed by atoms with Gasteiger partial charge in [0.15, 0.2) is 0 Å². The lowest BCUT2D eigenvalue weighted by Gasteiger charge is -2.37. The number of nitrogens with one attached hydrogen (secondary N) is 1. The molecule has 1 fully saturated rings. The van der Waals surface area contributed by atoms with E-state index in [1.807, 2.05) is 43.0 Å². The third-order valence-electron chi connectivity index (χ3n) is 4.60. The molecule has 128 valence electrons. The Morgan fingerprint density at radius 2 is 2.21 bits per heavy atom. The molecule has 0 aliphatic carbocycles. The van der Waals surface area contributed by atoms with E-state index in [-0.39, 0.29) is 11.9 Å². The molecule has 6 heteroatoms. The van der Waals surface area contributed by atoms with E-state index in [4.69, 9.17) is 16.1 Å². The molecule has 1 aromatic carbocycles. The normalized spacial score (nSPS) is 18.0. The highest BCUT2D eigenvalue weighted by atomic mass is 35.5. The van der Waals surface area contributed by atoms with Gasteiger partial charge < -0.3 is 14.7 Å². The quantitative estimate of drug-likeness (QED) is 0.923. The van der Waals surface area contributed by atoms with Crippen LogP contribution in [0.15, 0.2) is 28.8 Å². The molecular weight excluding hydrogens is 326 g/mol. The van der Waals surface area contributed by atoms with Crippen molar-refractivity contribution in [3.63, 3.8) is 0 Å². The number of carbonyl (C=O) groups excluding carboxylic acids is 1. The maximum absolute atomic E-state index is 12.8. The Balaban J connectivity index is 1.73. The monoisotopic (exact) mass is 347 g/mol.